The second kappa shape index (κ2) is 9.97. The number of anilines is 1. The maximum atomic E-state index is 12.8. The Labute approximate surface area is 181 Å². The van der Waals surface area contributed by atoms with Gasteiger partial charge in [0.05, 0.1) is 20.6 Å². The van der Waals surface area contributed by atoms with Gasteiger partial charge in [-0.1, -0.05) is 12.1 Å². The van der Waals surface area contributed by atoms with E-state index in [1.807, 2.05) is 6.07 Å². The van der Waals surface area contributed by atoms with Crippen LogP contribution in [0.5, 0.6) is 11.5 Å². The smallest absolute Gasteiger partial charge is 0.254 e. The van der Waals surface area contributed by atoms with Gasteiger partial charge in [-0.05, 0) is 35.9 Å². The third-order valence-electron chi connectivity index (χ3n) is 5.15. The Morgan fingerprint density at radius 2 is 1.58 bits per heavy atom. The van der Waals surface area contributed by atoms with Gasteiger partial charge in [0, 0.05) is 44.4 Å². The highest BCUT2D eigenvalue weighted by atomic mass is 16.5. The third kappa shape index (κ3) is 5.53. The number of ether oxygens (including phenoxy) is 2. The van der Waals surface area contributed by atoms with Crippen LogP contribution in [0.2, 0.25) is 0 Å². The molecule has 8 heteroatoms. The van der Waals surface area contributed by atoms with Crippen molar-refractivity contribution in [3.63, 3.8) is 0 Å². The molecular weight excluding hydrogens is 398 g/mol. The molecule has 2 aromatic carbocycles. The van der Waals surface area contributed by atoms with Crippen LogP contribution in [0.15, 0.2) is 42.5 Å². The highest BCUT2D eigenvalue weighted by Crippen LogP contribution is 2.28. The first kappa shape index (κ1) is 22.1. The summed E-state index contributed by atoms with van der Waals surface area (Å²) in [6.45, 7) is 3.29. The minimum atomic E-state index is -0.189. The first-order valence-electron chi connectivity index (χ1n) is 10.1. The number of nitrogens with zero attached hydrogens (tertiary/aromatic N) is 2. The fraction of sp³-hybridized carbons (Fsp3) is 0.348. The zero-order valence-corrected chi connectivity index (χ0v) is 18.0. The van der Waals surface area contributed by atoms with Gasteiger partial charge in [0.2, 0.25) is 11.8 Å². The minimum Gasteiger partial charge on any atom is -0.493 e. The highest BCUT2D eigenvalue weighted by Gasteiger charge is 2.25. The van der Waals surface area contributed by atoms with E-state index in [1.54, 1.807) is 60.4 Å². The van der Waals surface area contributed by atoms with Crippen molar-refractivity contribution in [1.82, 2.24) is 9.80 Å². The van der Waals surface area contributed by atoms with Crippen LogP contribution in [0.4, 0.5) is 5.69 Å². The molecule has 3 amide bonds. The molecule has 0 bridgehead atoms. The number of carbonyl (C=O) groups excluding carboxylic acids is 3. The number of amides is 3. The summed E-state index contributed by atoms with van der Waals surface area (Å²) in [5, 5.41) is 2.68. The molecule has 8 nitrogen and oxygen atoms in total. The van der Waals surface area contributed by atoms with E-state index in [2.05, 4.69) is 5.32 Å². The Morgan fingerprint density at radius 3 is 2.23 bits per heavy atom. The van der Waals surface area contributed by atoms with Gasteiger partial charge in [0.25, 0.3) is 5.91 Å². The van der Waals surface area contributed by atoms with E-state index in [0.717, 1.165) is 5.56 Å². The van der Waals surface area contributed by atoms with Crippen LogP contribution in [-0.4, -0.2) is 67.9 Å². The standard InChI is InChI=1S/C23H27N3O5/c1-16(27)24-19-6-4-5-18(15-19)23(29)26-11-9-25(10-12-26)22(28)14-17-7-8-20(30-2)21(13-17)31-3/h4-8,13,15H,9-12,14H2,1-3H3,(H,24,27). The van der Waals surface area contributed by atoms with E-state index in [9.17, 15) is 14.4 Å². The summed E-state index contributed by atoms with van der Waals surface area (Å²) in [4.78, 5) is 40.3. The van der Waals surface area contributed by atoms with Crippen LogP contribution in [0.25, 0.3) is 0 Å². The maximum Gasteiger partial charge on any atom is 0.254 e. The predicted molar refractivity (Wildman–Crippen MR) is 116 cm³/mol. The number of nitrogens with one attached hydrogen (secondary N) is 1. The lowest BCUT2D eigenvalue weighted by molar-refractivity contribution is -0.131. The van der Waals surface area contributed by atoms with Gasteiger partial charge in [0.15, 0.2) is 11.5 Å². The molecule has 0 saturated carbocycles. The van der Waals surface area contributed by atoms with E-state index < -0.39 is 0 Å². The second-order valence-electron chi connectivity index (χ2n) is 7.30. The van der Waals surface area contributed by atoms with E-state index in [0.29, 0.717) is 48.9 Å². The van der Waals surface area contributed by atoms with Crippen molar-refractivity contribution in [3.05, 3.63) is 53.6 Å². The van der Waals surface area contributed by atoms with Gasteiger partial charge in [-0.2, -0.15) is 0 Å². The van der Waals surface area contributed by atoms with Gasteiger partial charge in [-0.15, -0.1) is 0 Å². The van der Waals surface area contributed by atoms with Crippen molar-refractivity contribution in [1.29, 1.82) is 0 Å². The summed E-state index contributed by atoms with van der Waals surface area (Å²) in [7, 11) is 3.13. The number of piperazine rings is 1. The van der Waals surface area contributed by atoms with Gasteiger partial charge in [-0.3, -0.25) is 14.4 Å². The molecule has 0 unspecified atom stereocenters. The molecule has 164 valence electrons. The summed E-state index contributed by atoms with van der Waals surface area (Å²) >= 11 is 0. The van der Waals surface area contributed by atoms with Crippen molar-refractivity contribution in [2.45, 2.75) is 13.3 Å². The molecule has 1 fully saturated rings. The van der Waals surface area contributed by atoms with Crippen molar-refractivity contribution >= 4 is 23.4 Å². The Kier molecular flexibility index (Phi) is 7.12. The molecule has 1 aliphatic heterocycles. The average Bonchev–Trinajstić information content (AvgIpc) is 2.78. The predicted octanol–water partition coefficient (Wildman–Crippen LogP) is 2.19. The summed E-state index contributed by atoms with van der Waals surface area (Å²) < 4.78 is 10.5. The lowest BCUT2D eigenvalue weighted by Crippen LogP contribution is -2.51. The quantitative estimate of drug-likeness (QED) is 0.767. The number of carbonyl (C=O) groups is 3. The summed E-state index contributed by atoms with van der Waals surface area (Å²) in [6, 6.07) is 12.3. The average molecular weight is 425 g/mol. The largest absolute Gasteiger partial charge is 0.493 e. The number of methoxy groups -OCH3 is 2. The van der Waals surface area contributed by atoms with Gasteiger partial charge in [0.1, 0.15) is 0 Å². The Morgan fingerprint density at radius 1 is 0.903 bits per heavy atom. The molecule has 0 atom stereocenters. The van der Waals surface area contributed by atoms with Crippen LogP contribution in [0.1, 0.15) is 22.8 Å². The van der Waals surface area contributed by atoms with E-state index >= 15 is 0 Å². The monoisotopic (exact) mass is 425 g/mol. The molecule has 2 aromatic rings. The van der Waals surface area contributed by atoms with Crippen LogP contribution in [-0.2, 0) is 16.0 Å². The number of benzene rings is 2. The molecule has 1 N–H and O–H groups in total. The first-order valence-corrected chi connectivity index (χ1v) is 10.1. The fourth-order valence-electron chi connectivity index (χ4n) is 3.55. The number of hydrogen-bond donors (Lipinski definition) is 1. The van der Waals surface area contributed by atoms with Crippen molar-refractivity contribution in [2.24, 2.45) is 0 Å². The highest BCUT2D eigenvalue weighted by molar-refractivity contribution is 5.97. The van der Waals surface area contributed by atoms with Crippen LogP contribution in [0, 0.1) is 0 Å². The fourth-order valence-corrected chi connectivity index (χ4v) is 3.55. The summed E-state index contributed by atoms with van der Waals surface area (Å²) in [6.07, 6.45) is 0.257. The topological polar surface area (TPSA) is 88.2 Å². The normalized spacial score (nSPS) is 13.5. The van der Waals surface area contributed by atoms with E-state index in [4.69, 9.17) is 9.47 Å². The van der Waals surface area contributed by atoms with Gasteiger partial charge < -0.3 is 24.6 Å². The maximum absolute atomic E-state index is 12.8. The molecule has 1 saturated heterocycles. The Bertz CT molecular complexity index is 967. The molecule has 0 spiro atoms. The molecule has 0 aromatic heterocycles. The minimum absolute atomic E-state index is 0.00646. The summed E-state index contributed by atoms with van der Waals surface area (Å²) in [5.41, 5.74) is 1.94. The van der Waals surface area contributed by atoms with E-state index in [1.165, 1.54) is 6.92 Å². The second-order valence-corrected chi connectivity index (χ2v) is 7.30. The molecule has 1 aliphatic rings. The van der Waals surface area contributed by atoms with Crippen molar-refractivity contribution < 1.29 is 23.9 Å². The zero-order valence-electron chi connectivity index (χ0n) is 18.0. The van der Waals surface area contributed by atoms with Gasteiger partial charge in [-0.25, -0.2) is 0 Å². The van der Waals surface area contributed by atoms with E-state index in [-0.39, 0.29) is 24.1 Å². The molecule has 0 radical (unpaired) electrons. The third-order valence-corrected chi connectivity index (χ3v) is 5.15. The lowest BCUT2D eigenvalue weighted by atomic mass is 10.1. The number of rotatable bonds is 6. The first-order chi connectivity index (χ1) is 14.9. The lowest BCUT2D eigenvalue weighted by Gasteiger charge is -2.35. The SMILES string of the molecule is COc1ccc(CC(=O)N2CCN(C(=O)c3cccc(NC(C)=O)c3)CC2)cc1OC. The molecule has 31 heavy (non-hydrogen) atoms. The summed E-state index contributed by atoms with van der Waals surface area (Å²) in [5.74, 6) is 0.912. The number of hydrogen-bond acceptors (Lipinski definition) is 5. The Balaban J connectivity index is 1.57. The van der Waals surface area contributed by atoms with Crippen LogP contribution >= 0.6 is 0 Å². The van der Waals surface area contributed by atoms with Crippen LogP contribution < -0.4 is 14.8 Å². The van der Waals surface area contributed by atoms with Crippen molar-refractivity contribution in [3.8, 4) is 11.5 Å². The zero-order chi connectivity index (χ0) is 22.4. The molecular formula is C23H27N3O5. The van der Waals surface area contributed by atoms with Crippen LogP contribution in [0.3, 0.4) is 0 Å². The van der Waals surface area contributed by atoms with Gasteiger partial charge >= 0.3 is 0 Å². The molecule has 1 heterocycles. The molecule has 0 aliphatic carbocycles. The molecule has 3 rings (SSSR count). The Hall–Kier alpha value is -3.55. The van der Waals surface area contributed by atoms with Crippen molar-refractivity contribution in [2.75, 3.05) is 45.7 Å².